The Bertz CT molecular complexity index is 825. The number of carbonyl (C=O) groups is 1. The molecule has 2 aromatic rings. The van der Waals surface area contributed by atoms with E-state index in [2.05, 4.69) is 5.32 Å². The number of benzene rings is 2. The summed E-state index contributed by atoms with van der Waals surface area (Å²) in [6.07, 6.45) is -2.94. The highest BCUT2D eigenvalue weighted by molar-refractivity contribution is 5.68. The maximum Gasteiger partial charge on any atom is 0.416 e. The van der Waals surface area contributed by atoms with Gasteiger partial charge in [0, 0.05) is 25.7 Å². The van der Waals surface area contributed by atoms with Crippen molar-refractivity contribution in [2.45, 2.75) is 51.6 Å². The number of halogens is 3. The largest absolute Gasteiger partial charge is 0.447 e. The van der Waals surface area contributed by atoms with Gasteiger partial charge < -0.3 is 15.0 Å². The summed E-state index contributed by atoms with van der Waals surface area (Å²) in [5.41, 5.74) is 2.09. The van der Waals surface area contributed by atoms with Crippen molar-refractivity contribution in [1.29, 1.82) is 0 Å². The molecule has 0 atom stereocenters. The molecule has 0 aromatic heterocycles. The Morgan fingerprint density at radius 1 is 1.03 bits per heavy atom. The second-order valence-corrected chi connectivity index (χ2v) is 7.85. The third-order valence-corrected chi connectivity index (χ3v) is 5.18. The highest BCUT2D eigenvalue weighted by Crippen LogP contribution is 2.31. The molecule has 1 aliphatic heterocycles. The van der Waals surface area contributed by atoms with Crippen LogP contribution in [0.25, 0.3) is 11.1 Å². The standard InChI is InChI=1S/C23H27F3N2O2/c1-16(2)30-22(29)28-13-11-21(12-14-28)27-15-17-3-5-18(6-4-17)19-7-9-20(10-8-19)23(24,25)26/h3-10,16,21,27H,11-15H2,1-2H3. The molecule has 1 amide bonds. The number of ether oxygens (including phenoxy) is 1. The molecule has 0 radical (unpaired) electrons. The van der Waals surface area contributed by atoms with Gasteiger partial charge in [-0.2, -0.15) is 13.2 Å². The highest BCUT2D eigenvalue weighted by atomic mass is 19.4. The van der Waals surface area contributed by atoms with Gasteiger partial charge in [-0.3, -0.25) is 0 Å². The molecular formula is C23H27F3N2O2. The minimum Gasteiger partial charge on any atom is -0.447 e. The van der Waals surface area contributed by atoms with E-state index in [1.54, 1.807) is 4.90 Å². The van der Waals surface area contributed by atoms with Crippen LogP contribution >= 0.6 is 0 Å². The molecule has 1 aliphatic rings. The van der Waals surface area contributed by atoms with Crippen molar-refractivity contribution in [1.82, 2.24) is 10.2 Å². The Balaban J connectivity index is 1.48. The summed E-state index contributed by atoms with van der Waals surface area (Å²) in [5.74, 6) is 0. The van der Waals surface area contributed by atoms with E-state index >= 15 is 0 Å². The Labute approximate surface area is 175 Å². The van der Waals surface area contributed by atoms with Crippen molar-refractivity contribution in [2.75, 3.05) is 13.1 Å². The lowest BCUT2D eigenvalue weighted by Gasteiger charge is -2.32. The van der Waals surface area contributed by atoms with Crippen LogP contribution in [-0.4, -0.2) is 36.2 Å². The number of hydrogen-bond acceptors (Lipinski definition) is 3. The van der Waals surface area contributed by atoms with Gasteiger partial charge in [0.1, 0.15) is 0 Å². The van der Waals surface area contributed by atoms with E-state index in [4.69, 9.17) is 4.74 Å². The number of hydrogen-bond donors (Lipinski definition) is 1. The maximum atomic E-state index is 12.7. The first kappa shape index (κ1) is 22.2. The van der Waals surface area contributed by atoms with Crippen molar-refractivity contribution in [3.8, 4) is 11.1 Å². The number of nitrogens with zero attached hydrogens (tertiary/aromatic N) is 1. The van der Waals surface area contributed by atoms with Crippen molar-refractivity contribution in [3.63, 3.8) is 0 Å². The smallest absolute Gasteiger partial charge is 0.416 e. The Morgan fingerprint density at radius 2 is 1.57 bits per heavy atom. The van der Waals surface area contributed by atoms with Crippen LogP contribution in [0.1, 0.15) is 37.8 Å². The number of amides is 1. The monoisotopic (exact) mass is 420 g/mol. The lowest BCUT2D eigenvalue weighted by atomic mass is 10.0. The molecule has 0 spiro atoms. The molecule has 0 unspecified atom stereocenters. The van der Waals surface area contributed by atoms with E-state index in [9.17, 15) is 18.0 Å². The number of likely N-dealkylation sites (tertiary alicyclic amines) is 1. The minimum atomic E-state index is -4.32. The molecule has 2 aromatic carbocycles. The second-order valence-electron chi connectivity index (χ2n) is 7.85. The quantitative estimate of drug-likeness (QED) is 0.697. The van der Waals surface area contributed by atoms with Gasteiger partial charge in [0.25, 0.3) is 0 Å². The van der Waals surface area contributed by atoms with Crippen LogP contribution in [0.3, 0.4) is 0 Å². The molecule has 7 heteroatoms. The van der Waals surface area contributed by atoms with Crippen LogP contribution in [0, 0.1) is 0 Å². The summed E-state index contributed by atoms with van der Waals surface area (Å²) in [4.78, 5) is 13.7. The second kappa shape index (κ2) is 9.51. The van der Waals surface area contributed by atoms with Crippen molar-refractivity contribution in [3.05, 3.63) is 59.7 Å². The molecule has 4 nitrogen and oxygen atoms in total. The highest BCUT2D eigenvalue weighted by Gasteiger charge is 2.30. The molecule has 162 valence electrons. The van der Waals surface area contributed by atoms with E-state index in [0.717, 1.165) is 41.7 Å². The first-order chi connectivity index (χ1) is 14.2. The van der Waals surface area contributed by atoms with Crippen molar-refractivity contribution >= 4 is 6.09 Å². The molecule has 3 rings (SSSR count). The number of carbonyl (C=O) groups excluding carboxylic acids is 1. The van der Waals surface area contributed by atoms with Crippen LogP contribution < -0.4 is 5.32 Å². The van der Waals surface area contributed by atoms with Gasteiger partial charge in [0.2, 0.25) is 0 Å². The van der Waals surface area contributed by atoms with Crippen molar-refractivity contribution < 1.29 is 22.7 Å². The fourth-order valence-corrected chi connectivity index (χ4v) is 3.47. The predicted octanol–water partition coefficient (Wildman–Crippen LogP) is 5.47. The third-order valence-electron chi connectivity index (χ3n) is 5.18. The molecule has 0 bridgehead atoms. The molecular weight excluding hydrogens is 393 g/mol. The SMILES string of the molecule is CC(C)OC(=O)N1CCC(NCc2ccc(-c3ccc(C(F)(F)F)cc3)cc2)CC1. The first-order valence-electron chi connectivity index (χ1n) is 10.2. The van der Waals surface area contributed by atoms with Crippen LogP contribution in [0.2, 0.25) is 0 Å². The van der Waals surface area contributed by atoms with E-state index < -0.39 is 11.7 Å². The molecule has 1 saturated heterocycles. The molecule has 1 N–H and O–H groups in total. The average Bonchev–Trinajstić information content (AvgIpc) is 2.72. The summed E-state index contributed by atoms with van der Waals surface area (Å²) in [6.45, 7) is 5.74. The van der Waals surface area contributed by atoms with E-state index in [1.165, 1.54) is 12.1 Å². The summed E-state index contributed by atoms with van der Waals surface area (Å²) in [7, 11) is 0. The van der Waals surface area contributed by atoms with E-state index in [-0.39, 0.29) is 12.2 Å². The number of nitrogens with one attached hydrogen (secondary N) is 1. The summed E-state index contributed by atoms with van der Waals surface area (Å²) >= 11 is 0. The zero-order valence-electron chi connectivity index (χ0n) is 17.2. The zero-order chi connectivity index (χ0) is 21.7. The number of rotatable bonds is 5. The number of alkyl halides is 3. The maximum absolute atomic E-state index is 12.7. The van der Waals surface area contributed by atoms with Crippen molar-refractivity contribution in [2.24, 2.45) is 0 Å². The fourth-order valence-electron chi connectivity index (χ4n) is 3.47. The molecule has 0 aliphatic carbocycles. The van der Waals surface area contributed by atoms with E-state index in [0.29, 0.717) is 25.7 Å². The van der Waals surface area contributed by atoms with Crippen LogP contribution in [-0.2, 0) is 17.5 Å². The van der Waals surface area contributed by atoms with Gasteiger partial charge in [-0.15, -0.1) is 0 Å². The van der Waals surface area contributed by atoms with E-state index in [1.807, 2.05) is 38.1 Å². The van der Waals surface area contributed by atoms with Gasteiger partial charge >= 0.3 is 12.3 Å². The van der Waals surface area contributed by atoms with Crippen LogP contribution in [0.15, 0.2) is 48.5 Å². The van der Waals surface area contributed by atoms with Gasteiger partial charge in [0.15, 0.2) is 0 Å². The van der Waals surface area contributed by atoms with Crippen LogP contribution in [0.4, 0.5) is 18.0 Å². The normalized spacial score (nSPS) is 15.5. The molecule has 30 heavy (non-hydrogen) atoms. The van der Waals surface area contributed by atoms with Gasteiger partial charge in [-0.25, -0.2) is 4.79 Å². The van der Waals surface area contributed by atoms with Gasteiger partial charge in [0.05, 0.1) is 11.7 Å². The topological polar surface area (TPSA) is 41.6 Å². The Hall–Kier alpha value is -2.54. The third kappa shape index (κ3) is 5.98. The zero-order valence-corrected chi connectivity index (χ0v) is 17.2. The summed E-state index contributed by atoms with van der Waals surface area (Å²) < 4.78 is 43.3. The fraction of sp³-hybridized carbons (Fsp3) is 0.435. The van der Waals surface area contributed by atoms with Crippen LogP contribution in [0.5, 0.6) is 0 Å². The minimum absolute atomic E-state index is 0.112. The average molecular weight is 420 g/mol. The molecule has 1 heterocycles. The summed E-state index contributed by atoms with van der Waals surface area (Å²) in [5, 5.41) is 3.52. The van der Waals surface area contributed by atoms with Gasteiger partial charge in [-0.1, -0.05) is 36.4 Å². The Morgan fingerprint density at radius 3 is 2.07 bits per heavy atom. The first-order valence-corrected chi connectivity index (χ1v) is 10.2. The van der Waals surface area contributed by atoms with Gasteiger partial charge in [-0.05, 0) is 55.5 Å². The predicted molar refractivity (Wildman–Crippen MR) is 110 cm³/mol. The Kier molecular flexibility index (Phi) is 7.02. The summed E-state index contributed by atoms with van der Waals surface area (Å²) in [6, 6.07) is 13.3. The molecule has 1 fully saturated rings. The lowest BCUT2D eigenvalue weighted by Crippen LogP contribution is -2.45. The lowest BCUT2D eigenvalue weighted by molar-refractivity contribution is -0.137. The number of piperidine rings is 1. The molecule has 0 saturated carbocycles.